The highest BCUT2D eigenvalue weighted by atomic mass is 35.5. The van der Waals surface area contributed by atoms with Crippen LogP contribution in [0.3, 0.4) is 0 Å². The van der Waals surface area contributed by atoms with Crippen molar-refractivity contribution in [3.63, 3.8) is 0 Å². The SMILES string of the molecule is S=C(Nc1cccc(Cn2cc(Cl)cn2)c1)NC1CCCCC1. The van der Waals surface area contributed by atoms with Crippen molar-refractivity contribution < 1.29 is 0 Å². The fourth-order valence-electron chi connectivity index (χ4n) is 2.96. The molecule has 3 rings (SSSR count). The van der Waals surface area contributed by atoms with E-state index in [1.807, 2.05) is 23.0 Å². The monoisotopic (exact) mass is 348 g/mol. The van der Waals surface area contributed by atoms with Gasteiger partial charge in [-0.15, -0.1) is 0 Å². The van der Waals surface area contributed by atoms with Crippen LogP contribution in [-0.2, 0) is 6.54 Å². The maximum Gasteiger partial charge on any atom is 0.170 e. The Labute approximate surface area is 147 Å². The summed E-state index contributed by atoms with van der Waals surface area (Å²) in [6.45, 7) is 0.686. The first-order valence-corrected chi connectivity index (χ1v) is 8.82. The third-order valence-corrected chi connectivity index (χ3v) is 4.49. The first kappa shape index (κ1) is 16.3. The summed E-state index contributed by atoms with van der Waals surface area (Å²) in [5, 5.41) is 12.3. The minimum atomic E-state index is 0.512. The molecule has 122 valence electrons. The minimum Gasteiger partial charge on any atom is -0.360 e. The van der Waals surface area contributed by atoms with Crippen LogP contribution in [0.4, 0.5) is 5.69 Å². The normalized spacial score (nSPS) is 15.3. The highest BCUT2D eigenvalue weighted by Gasteiger charge is 2.13. The summed E-state index contributed by atoms with van der Waals surface area (Å²) in [5.41, 5.74) is 2.14. The van der Waals surface area contributed by atoms with E-state index >= 15 is 0 Å². The highest BCUT2D eigenvalue weighted by Crippen LogP contribution is 2.18. The lowest BCUT2D eigenvalue weighted by atomic mass is 9.96. The molecule has 0 saturated heterocycles. The van der Waals surface area contributed by atoms with Gasteiger partial charge in [-0.1, -0.05) is 43.0 Å². The van der Waals surface area contributed by atoms with E-state index in [0.717, 1.165) is 11.3 Å². The maximum absolute atomic E-state index is 5.90. The van der Waals surface area contributed by atoms with E-state index < -0.39 is 0 Å². The molecule has 2 aromatic rings. The number of hydrogen-bond donors (Lipinski definition) is 2. The van der Waals surface area contributed by atoms with Crippen molar-refractivity contribution in [3.05, 3.63) is 47.2 Å². The van der Waals surface area contributed by atoms with Crippen molar-refractivity contribution >= 4 is 34.6 Å². The Morgan fingerprint density at radius 2 is 2.13 bits per heavy atom. The molecule has 23 heavy (non-hydrogen) atoms. The third-order valence-electron chi connectivity index (χ3n) is 4.07. The van der Waals surface area contributed by atoms with Gasteiger partial charge in [-0.25, -0.2) is 0 Å². The van der Waals surface area contributed by atoms with Crippen LogP contribution in [0.15, 0.2) is 36.7 Å². The van der Waals surface area contributed by atoms with Crippen molar-refractivity contribution in [2.75, 3.05) is 5.32 Å². The quantitative estimate of drug-likeness (QED) is 0.812. The summed E-state index contributed by atoms with van der Waals surface area (Å²) in [7, 11) is 0. The average Bonchev–Trinajstić information content (AvgIpc) is 2.93. The van der Waals surface area contributed by atoms with Gasteiger partial charge in [0.2, 0.25) is 0 Å². The molecule has 0 aliphatic heterocycles. The van der Waals surface area contributed by atoms with E-state index in [-0.39, 0.29) is 0 Å². The Bertz CT molecular complexity index is 664. The van der Waals surface area contributed by atoms with E-state index in [4.69, 9.17) is 23.8 Å². The number of anilines is 1. The molecule has 0 radical (unpaired) electrons. The number of hydrogen-bond acceptors (Lipinski definition) is 2. The second-order valence-corrected chi connectivity index (χ2v) is 6.83. The molecule has 1 fully saturated rings. The molecule has 0 spiro atoms. The number of nitrogens with zero attached hydrogens (tertiary/aromatic N) is 2. The Balaban J connectivity index is 1.57. The molecule has 2 N–H and O–H groups in total. The Morgan fingerprint density at radius 3 is 2.87 bits per heavy atom. The van der Waals surface area contributed by atoms with Gasteiger partial charge in [-0.05, 0) is 42.8 Å². The van der Waals surface area contributed by atoms with E-state index in [1.54, 1.807) is 6.20 Å². The zero-order valence-electron chi connectivity index (χ0n) is 13.0. The van der Waals surface area contributed by atoms with Gasteiger partial charge in [0.25, 0.3) is 0 Å². The molecular formula is C17H21ClN4S. The molecule has 0 amide bonds. The zero-order chi connectivity index (χ0) is 16.1. The van der Waals surface area contributed by atoms with Crippen LogP contribution in [0, 0.1) is 0 Å². The summed E-state index contributed by atoms with van der Waals surface area (Å²) in [5.74, 6) is 0. The Hall–Kier alpha value is -1.59. The predicted molar refractivity (Wildman–Crippen MR) is 99.0 cm³/mol. The second kappa shape index (κ2) is 7.79. The standard InChI is InChI=1S/C17H21ClN4S/c18-14-10-19-22(12-14)11-13-5-4-8-16(9-13)21-17(23)20-15-6-2-1-3-7-15/h4-5,8-10,12,15H,1-3,6-7,11H2,(H2,20,21,23). The number of benzene rings is 1. The summed E-state index contributed by atoms with van der Waals surface area (Å²) in [6.07, 6.45) is 9.82. The largest absolute Gasteiger partial charge is 0.360 e. The van der Waals surface area contributed by atoms with Gasteiger partial charge >= 0.3 is 0 Å². The van der Waals surface area contributed by atoms with Crippen LogP contribution in [0.2, 0.25) is 5.02 Å². The number of thiocarbonyl (C=S) groups is 1. The van der Waals surface area contributed by atoms with Crippen molar-refractivity contribution in [1.29, 1.82) is 0 Å². The molecule has 4 nitrogen and oxygen atoms in total. The molecular weight excluding hydrogens is 328 g/mol. The molecule has 1 heterocycles. The molecule has 0 bridgehead atoms. The number of halogens is 1. The molecule has 1 aliphatic rings. The molecule has 1 aliphatic carbocycles. The van der Waals surface area contributed by atoms with Gasteiger partial charge in [-0.3, -0.25) is 4.68 Å². The first-order chi connectivity index (χ1) is 11.2. The van der Waals surface area contributed by atoms with Crippen LogP contribution >= 0.6 is 23.8 Å². The van der Waals surface area contributed by atoms with Crippen LogP contribution in [-0.4, -0.2) is 20.9 Å². The smallest absolute Gasteiger partial charge is 0.170 e. The zero-order valence-corrected chi connectivity index (χ0v) is 14.5. The van der Waals surface area contributed by atoms with Gasteiger partial charge in [0, 0.05) is 17.9 Å². The fraction of sp³-hybridized carbons (Fsp3) is 0.412. The van der Waals surface area contributed by atoms with Crippen LogP contribution < -0.4 is 10.6 Å². The van der Waals surface area contributed by atoms with Gasteiger partial charge in [0.1, 0.15) is 0 Å². The van der Waals surface area contributed by atoms with Gasteiger partial charge in [-0.2, -0.15) is 5.10 Å². The highest BCUT2D eigenvalue weighted by molar-refractivity contribution is 7.80. The molecule has 1 aromatic carbocycles. The van der Waals surface area contributed by atoms with E-state index in [0.29, 0.717) is 22.7 Å². The van der Waals surface area contributed by atoms with Crippen molar-refractivity contribution in [2.24, 2.45) is 0 Å². The predicted octanol–water partition coefficient (Wildman–Crippen LogP) is 4.20. The van der Waals surface area contributed by atoms with Crippen molar-refractivity contribution in [2.45, 2.75) is 44.7 Å². The Kier molecular flexibility index (Phi) is 5.51. The van der Waals surface area contributed by atoms with Gasteiger partial charge < -0.3 is 10.6 Å². The van der Waals surface area contributed by atoms with Crippen LogP contribution in [0.5, 0.6) is 0 Å². The molecule has 0 atom stereocenters. The van der Waals surface area contributed by atoms with Gasteiger partial charge in [0.05, 0.1) is 17.8 Å². The lowest BCUT2D eigenvalue weighted by Gasteiger charge is -2.24. The first-order valence-electron chi connectivity index (χ1n) is 8.03. The summed E-state index contributed by atoms with van der Waals surface area (Å²) in [4.78, 5) is 0. The second-order valence-electron chi connectivity index (χ2n) is 5.99. The minimum absolute atomic E-state index is 0.512. The molecule has 1 aromatic heterocycles. The lowest BCUT2D eigenvalue weighted by molar-refractivity contribution is 0.415. The van der Waals surface area contributed by atoms with Crippen LogP contribution in [0.25, 0.3) is 0 Å². The van der Waals surface area contributed by atoms with Crippen LogP contribution in [0.1, 0.15) is 37.7 Å². The summed E-state index contributed by atoms with van der Waals surface area (Å²) < 4.78 is 1.82. The Morgan fingerprint density at radius 1 is 1.30 bits per heavy atom. The van der Waals surface area contributed by atoms with E-state index in [2.05, 4.69) is 27.9 Å². The van der Waals surface area contributed by atoms with Crippen molar-refractivity contribution in [1.82, 2.24) is 15.1 Å². The number of nitrogens with one attached hydrogen (secondary N) is 2. The summed E-state index contributed by atoms with van der Waals surface area (Å²) >= 11 is 11.3. The van der Waals surface area contributed by atoms with E-state index in [9.17, 15) is 0 Å². The van der Waals surface area contributed by atoms with Crippen molar-refractivity contribution in [3.8, 4) is 0 Å². The fourth-order valence-corrected chi connectivity index (χ4v) is 3.40. The third kappa shape index (κ3) is 4.94. The topological polar surface area (TPSA) is 41.9 Å². The summed E-state index contributed by atoms with van der Waals surface area (Å²) in [6, 6.07) is 8.71. The average molecular weight is 349 g/mol. The maximum atomic E-state index is 5.90. The number of aromatic nitrogens is 2. The van der Waals surface area contributed by atoms with E-state index in [1.165, 1.54) is 32.1 Å². The molecule has 6 heteroatoms. The molecule has 1 saturated carbocycles. The lowest BCUT2D eigenvalue weighted by Crippen LogP contribution is -2.38. The molecule has 0 unspecified atom stereocenters. The number of rotatable bonds is 4. The van der Waals surface area contributed by atoms with Gasteiger partial charge in [0.15, 0.2) is 5.11 Å².